The molecular weight excluding hydrogens is 270 g/mol. The molecule has 0 saturated heterocycles. The highest BCUT2D eigenvalue weighted by Crippen LogP contribution is 1.91. The zero-order valence-corrected chi connectivity index (χ0v) is 11.2. The number of nitrogens with zero attached hydrogens (tertiary/aromatic N) is 1. The first-order valence-corrected chi connectivity index (χ1v) is 6.21. The smallest absolute Gasteiger partial charge is 0.317 e. The van der Waals surface area contributed by atoms with Crippen LogP contribution in [0, 0.1) is 0 Å². The quantitative estimate of drug-likeness (QED) is 0.246. The van der Waals surface area contributed by atoms with Crippen LogP contribution in [0.15, 0.2) is 0 Å². The highest BCUT2D eigenvalue weighted by molar-refractivity contribution is 5.69. The Hall–Kier alpha value is -1.71. The molecule has 20 heavy (non-hydrogen) atoms. The molecule has 0 unspecified atom stereocenters. The van der Waals surface area contributed by atoms with Crippen molar-refractivity contribution in [2.24, 2.45) is 0 Å². The Balaban J connectivity index is 3.90. The molecule has 0 aromatic rings. The van der Waals surface area contributed by atoms with Crippen molar-refractivity contribution < 1.29 is 29.7 Å². The summed E-state index contributed by atoms with van der Waals surface area (Å²) in [6.45, 7) is 1.87. The van der Waals surface area contributed by atoms with Gasteiger partial charge in [0, 0.05) is 32.7 Å². The number of nitrogens with one attached hydrogen (secondary N) is 2. The fraction of sp³-hybridized carbons (Fsp3) is 0.727. The summed E-state index contributed by atoms with van der Waals surface area (Å²) in [6, 6.07) is 0. The van der Waals surface area contributed by atoms with Crippen LogP contribution in [0.25, 0.3) is 0 Å². The van der Waals surface area contributed by atoms with Gasteiger partial charge in [-0.2, -0.15) is 0 Å². The molecule has 0 amide bonds. The summed E-state index contributed by atoms with van der Waals surface area (Å²) in [6.07, 6.45) is -0.0160. The summed E-state index contributed by atoms with van der Waals surface area (Å²) in [5.41, 5.74) is 0. The summed E-state index contributed by atoms with van der Waals surface area (Å²) in [5, 5.41) is 31.0. The topological polar surface area (TPSA) is 139 Å². The monoisotopic (exact) mass is 291 g/mol. The molecule has 9 nitrogen and oxygen atoms in total. The van der Waals surface area contributed by atoms with Crippen LogP contribution in [0.5, 0.6) is 0 Å². The van der Waals surface area contributed by atoms with E-state index in [4.69, 9.17) is 15.3 Å². The lowest BCUT2D eigenvalue weighted by Crippen LogP contribution is -2.39. The van der Waals surface area contributed by atoms with Crippen molar-refractivity contribution in [2.45, 2.75) is 6.42 Å². The minimum atomic E-state index is -0.954. The van der Waals surface area contributed by atoms with Crippen LogP contribution in [-0.4, -0.2) is 83.9 Å². The van der Waals surface area contributed by atoms with Crippen molar-refractivity contribution in [3.63, 3.8) is 0 Å². The highest BCUT2D eigenvalue weighted by Gasteiger charge is 2.08. The number of aliphatic carboxylic acids is 3. The van der Waals surface area contributed by atoms with E-state index in [1.54, 1.807) is 0 Å². The summed E-state index contributed by atoms with van der Waals surface area (Å²) < 4.78 is 0. The molecule has 0 aliphatic carbocycles. The summed E-state index contributed by atoms with van der Waals surface area (Å²) in [7, 11) is 0. The van der Waals surface area contributed by atoms with E-state index in [0.29, 0.717) is 32.7 Å². The predicted octanol–water partition coefficient (Wildman–Crippen LogP) is -1.89. The SMILES string of the molecule is O=C(O)CCN(CCNCC(=O)O)CCNCC(=O)O. The number of carbonyl (C=O) groups is 3. The first kappa shape index (κ1) is 18.3. The molecule has 5 N–H and O–H groups in total. The first-order valence-electron chi connectivity index (χ1n) is 6.21. The molecule has 116 valence electrons. The maximum atomic E-state index is 10.5. The van der Waals surface area contributed by atoms with Gasteiger partial charge in [-0.05, 0) is 0 Å². The molecular formula is C11H21N3O6. The molecule has 0 aromatic heterocycles. The summed E-state index contributed by atoms with van der Waals surface area (Å²) >= 11 is 0. The lowest BCUT2D eigenvalue weighted by atomic mass is 10.3. The fourth-order valence-corrected chi connectivity index (χ4v) is 1.45. The second kappa shape index (κ2) is 11.1. The van der Waals surface area contributed by atoms with Gasteiger partial charge in [0.05, 0.1) is 19.5 Å². The van der Waals surface area contributed by atoms with E-state index in [2.05, 4.69) is 10.6 Å². The van der Waals surface area contributed by atoms with Gasteiger partial charge in [0.15, 0.2) is 0 Å². The molecule has 0 rings (SSSR count). The molecule has 0 bridgehead atoms. The van der Waals surface area contributed by atoms with Crippen molar-refractivity contribution >= 4 is 17.9 Å². The molecule has 0 heterocycles. The zero-order chi connectivity index (χ0) is 15.4. The normalized spacial score (nSPS) is 10.7. The van der Waals surface area contributed by atoms with Crippen LogP contribution in [0.3, 0.4) is 0 Å². The number of hydrogen-bond acceptors (Lipinski definition) is 6. The third-order valence-electron chi connectivity index (χ3n) is 2.40. The van der Waals surface area contributed by atoms with Crippen LogP contribution in [0.2, 0.25) is 0 Å². The van der Waals surface area contributed by atoms with Gasteiger partial charge in [0.25, 0.3) is 0 Å². The van der Waals surface area contributed by atoms with Gasteiger partial charge in [-0.15, -0.1) is 0 Å². The van der Waals surface area contributed by atoms with Gasteiger partial charge >= 0.3 is 17.9 Å². The van der Waals surface area contributed by atoms with Gasteiger partial charge in [0.2, 0.25) is 0 Å². The van der Waals surface area contributed by atoms with Crippen molar-refractivity contribution in [1.82, 2.24) is 15.5 Å². The van der Waals surface area contributed by atoms with E-state index in [1.807, 2.05) is 4.90 Å². The molecule has 0 spiro atoms. The predicted molar refractivity (Wildman–Crippen MR) is 69.7 cm³/mol. The number of hydrogen-bond donors (Lipinski definition) is 5. The second-order valence-corrected chi connectivity index (χ2v) is 4.13. The average Bonchev–Trinajstić information content (AvgIpc) is 2.34. The van der Waals surface area contributed by atoms with Gasteiger partial charge in [0.1, 0.15) is 0 Å². The number of carboxylic acids is 3. The average molecular weight is 291 g/mol. The second-order valence-electron chi connectivity index (χ2n) is 4.13. The lowest BCUT2D eigenvalue weighted by molar-refractivity contribution is -0.137. The number of carboxylic acid groups (broad SMARTS) is 3. The Kier molecular flexibility index (Phi) is 10.2. The summed E-state index contributed by atoms with van der Waals surface area (Å²) in [5.74, 6) is -2.82. The van der Waals surface area contributed by atoms with E-state index in [-0.39, 0.29) is 19.5 Å². The Morgan fingerprint density at radius 2 is 1.20 bits per heavy atom. The van der Waals surface area contributed by atoms with Crippen molar-refractivity contribution in [3.05, 3.63) is 0 Å². The standard InChI is InChI=1S/C11H21N3O6/c15-9(16)1-4-14(5-2-12-7-10(17)18)6-3-13-8-11(19)20/h12-13H,1-8H2,(H,15,16)(H,17,18)(H,19,20). The van der Waals surface area contributed by atoms with E-state index in [0.717, 1.165) is 0 Å². The van der Waals surface area contributed by atoms with Crippen molar-refractivity contribution in [2.75, 3.05) is 45.8 Å². The Morgan fingerprint density at radius 1 is 0.750 bits per heavy atom. The van der Waals surface area contributed by atoms with Crippen LogP contribution in [0.4, 0.5) is 0 Å². The van der Waals surface area contributed by atoms with Crippen molar-refractivity contribution in [3.8, 4) is 0 Å². The van der Waals surface area contributed by atoms with E-state index in [1.165, 1.54) is 0 Å². The fourth-order valence-electron chi connectivity index (χ4n) is 1.45. The van der Waals surface area contributed by atoms with E-state index >= 15 is 0 Å². The van der Waals surface area contributed by atoms with Gasteiger partial charge in [-0.25, -0.2) is 0 Å². The minimum Gasteiger partial charge on any atom is -0.481 e. The Bertz CT molecular complexity index is 301. The zero-order valence-electron chi connectivity index (χ0n) is 11.2. The lowest BCUT2D eigenvalue weighted by Gasteiger charge is -2.21. The molecule has 0 fully saturated rings. The minimum absolute atomic E-state index is 0.0160. The van der Waals surface area contributed by atoms with Crippen LogP contribution in [0.1, 0.15) is 6.42 Å². The molecule has 0 atom stereocenters. The maximum Gasteiger partial charge on any atom is 0.317 e. The molecule has 0 saturated carbocycles. The summed E-state index contributed by atoms with van der Waals surface area (Å²) in [4.78, 5) is 33.0. The van der Waals surface area contributed by atoms with Gasteiger partial charge < -0.3 is 30.9 Å². The largest absolute Gasteiger partial charge is 0.481 e. The van der Waals surface area contributed by atoms with E-state index < -0.39 is 17.9 Å². The third-order valence-corrected chi connectivity index (χ3v) is 2.40. The van der Waals surface area contributed by atoms with Crippen LogP contribution in [-0.2, 0) is 14.4 Å². The molecule has 0 aliphatic rings. The Labute approximate surface area is 116 Å². The number of rotatable bonds is 13. The third kappa shape index (κ3) is 12.7. The molecule has 0 radical (unpaired) electrons. The van der Waals surface area contributed by atoms with E-state index in [9.17, 15) is 14.4 Å². The maximum absolute atomic E-state index is 10.5. The molecule has 9 heteroatoms. The molecule has 0 aliphatic heterocycles. The Morgan fingerprint density at radius 3 is 1.55 bits per heavy atom. The van der Waals surface area contributed by atoms with Crippen LogP contribution >= 0.6 is 0 Å². The van der Waals surface area contributed by atoms with Gasteiger partial charge in [-0.3, -0.25) is 14.4 Å². The van der Waals surface area contributed by atoms with Gasteiger partial charge in [-0.1, -0.05) is 0 Å². The first-order chi connectivity index (χ1) is 9.41. The highest BCUT2D eigenvalue weighted by atomic mass is 16.4. The van der Waals surface area contributed by atoms with Crippen molar-refractivity contribution in [1.29, 1.82) is 0 Å². The molecule has 0 aromatic carbocycles. The van der Waals surface area contributed by atoms with Crippen LogP contribution < -0.4 is 10.6 Å².